The van der Waals surface area contributed by atoms with Crippen LogP contribution in [-0.4, -0.2) is 31.1 Å². The standard InChI is InChI=1S/C10H21NO2S/c1-3-9-14(12,13)11-8-6-5-7-10(11)4-2/h10H,3-9H2,1-2H3/t10-/m1/s1. The van der Waals surface area contributed by atoms with Gasteiger partial charge in [0.05, 0.1) is 5.75 Å². The van der Waals surface area contributed by atoms with E-state index in [2.05, 4.69) is 6.92 Å². The van der Waals surface area contributed by atoms with Crippen LogP contribution < -0.4 is 0 Å². The molecule has 1 saturated heterocycles. The van der Waals surface area contributed by atoms with Crippen molar-refractivity contribution < 1.29 is 8.42 Å². The van der Waals surface area contributed by atoms with Crippen molar-refractivity contribution >= 4 is 10.0 Å². The van der Waals surface area contributed by atoms with Crippen molar-refractivity contribution in [3.63, 3.8) is 0 Å². The molecule has 0 spiro atoms. The highest BCUT2D eigenvalue weighted by atomic mass is 32.2. The van der Waals surface area contributed by atoms with E-state index in [4.69, 9.17) is 0 Å². The molecule has 1 heterocycles. The van der Waals surface area contributed by atoms with Crippen molar-refractivity contribution in [3.8, 4) is 0 Å². The van der Waals surface area contributed by atoms with Gasteiger partial charge in [-0.25, -0.2) is 8.42 Å². The third-order valence-electron chi connectivity index (χ3n) is 2.86. The Balaban J connectivity index is 2.72. The monoisotopic (exact) mass is 219 g/mol. The van der Waals surface area contributed by atoms with E-state index >= 15 is 0 Å². The molecule has 1 aliphatic heterocycles. The molecule has 0 bridgehead atoms. The van der Waals surface area contributed by atoms with Crippen LogP contribution in [0.2, 0.25) is 0 Å². The Labute approximate surface area is 87.5 Å². The number of nitrogens with zero attached hydrogens (tertiary/aromatic N) is 1. The molecule has 0 aromatic rings. The fourth-order valence-corrected chi connectivity index (χ4v) is 3.99. The average Bonchev–Trinajstić information content (AvgIpc) is 2.18. The highest BCUT2D eigenvalue weighted by Gasteiger charge is 2.29. The summed E-state index contributed by atoms with van der Waals surface area (Å²) in [5.74, 6) is 0.309. The summed E-state index contributed by atoms with van der Waals surface area (Å²) < 4.78 is 25.5. The first kappa shape index (κ1) is 12.0. The van der Waals surface area contributed by atoms with Crippen LogP contribution in [0.5, 0.6) is 0 Å². The number of sulfonamides is 1. The average molecular weight is 219 g/mol. The van der Waals surface area contributed by atoms with E-state index in [0.29, 0.717) is 5.75 Å². The van der Waals surface area contributed by atoms with Crippen molar-refractivity contribution in [2.45, 2.75) is 52.0 Å². The fraction of sp³-hybridized carbons (Fsp3) is 1.00. The van der Waals surface area contributed by atoms with Gasteiger partial charge in [0.2, 0.25) is 10.0 Å². The fourth-order valence-electron chi connectivity index (χ4n) is 2.12. The second kappa shape index (κ2) is 5.12. The van der Waals surface area contributed by atoms with Crippen molar-refractivity contribution in [2.75, 3.05) is 12.3 Å². The summed E-state index contributed by atoms with van der Waals surface area (Å²) in [6, 6.07) is 0.264. The third kappa shape index (κ3) is 2.70. The van der Waals surface area contributed by atoms with Gasteiger partial charge in [-0.15, -0.1) is 0 Å². The molecule has 1 fully saturated rings. The SMILES string of the molecule is CCCS(=O)(=O)N1CCCC[C@H]1CC. The Morgan fingerprint density at radius 3 is 2.57 bits per heavy atom. The molecule has 1 aliphatic rings. The minimum absolute atomic E-state index is 0.264. The highest BCUT2D eigenvalue weighted by molar-refractivity contribution is 7.89. The summed E-state index contributed by atoms with van der Waals surface area (Å²) in [6.45, 7) is 4.73. The largest absolute Gasteiger partial charge is 0.214 e. The zero-order valence-corrected chi connectivity index (χ0v) is 10.0. The van der Waals surface area contributed by atoms with Gasteiger partial charge in [-0.05, 0) is 25.7 Å². The molecule has 14 heavy (non-hydrogen) atoms. The van der Waals surface area contributed by atoms with Gasteiger partial charge in [-0.3, -0.25) is 0 Å². The lowest BCUT2D eigenvalue weighted by Gasteiger charge is -2.34. The van der Waals surface area contributed by atoms with Crippen LogP contribution >= 0.6 is 0 Å². The maximum absolute atomic E-state index is 11.9. The molecular formula is C10H21NO2S. The van der Waals surface area contributed by atoms with Gasteiger partial charge in [0, 0.05) is 12.6 Å². The van der Waals surface area contributed by atoms with E-state index in [1.54, 1.807) is 4.31 Å². The molecule has 3 nitrogen and oxygen atoms in total. The van der Waals surface area contributed by atoms with Gasteiger partial charge >= 0.3 is 0 Å². The van der Waals surface area contributed by atoms with Gasteiger partial charge < -0.3 is 0 Å². The minimum atomic E-state index is -2.96. The van der Waals surface area contributed by atoms with Crippen LogP contribution in [0.15, 0.2) is 0 Å². The lowest BCUT2D eigenvalue weighted by Crippen LogP contribution is -2.44. The summed E-state index contributed by atoms with van der Waals surface area (Å²) in [6.07, 6.45) is 4.91. The Hall–Kier alpha value is -0.0900. The summed E-state index contributed by atoms with van der Waals surface area (Å²) in [5.41, 5.74) is 0. The molecule has 1 atom stereocenters. The summed E-state index contributed by atoms with van der Waals surface area (Å²) in [7, 11) is -2.96. The zero-order chi connectivity index (χ0) is 10.6. The van der Waals surface area contributed by atoms with Crippen LogP contribution in [0, 0.1) is 0 Å². The van der Waals surface area contributed by atoms with E-state index < -0.39 is 10.0 Å². The number of piperidine rings is 1. The molecule has 4 heteroatoms. The van der Waals surface area contributed by atoms with Crippen molar-refractivity contribution in [3.05, 3.63) is 0 Å². The van der Waals surface area contributed by atoms with Crippen LogP contribution in [0.3, 0.4) is 0 Å². The van der Waals surface area contributed by atoms with Crippen molar-refractivity contribution in [1.82, 2.24) is 4.31 Å². The maximum Gasteiger partial charge on any atom is 0.214 e. The topological polar surface area (TPSA) is 37.4 Å². The van der Waals surface area contributed by atoms with E-state index in [-0.39, 0.29) is 6.04 Å². The zero-order valence-electron chi connectivity index (χ0n) is 9.20. The second-order valence-electron chi connectivity index (χ2n) is 3.98. The Morgan fingerprint density at radius 1 is 1.29 bits per heavy atom. The lowest BCUT2D eigenvalue weighted by molar-refractivity contribution is 0.246. The number of rotatable bonds is 4. The number of hydrogen-bond donors (Lipinski definition) is 0. The van der Waals surface area contributed by atoms with Crippen molar-refractivity contribution in [1.29, 1.82) is 0 Å². The van der Waals surface area contributed by atoms with Crippen LogP contribution in [-0.2, 0) is 10.0 Å². The molecule has 0 N–H and O–H groups in total. The molecule has 1 rings (SSSR count). The molecule has 0 unspecified atom stereocenters. The molecular weight excluding hydrogens is 198 g/mol. The van der Waals surface area contributed by atoms with Crippen LogP contribution in [0.4, 0.5) is 0 Å². The van der Waals surface area contributed by atoms with E-state index in [1.807, 2.05) is 6.92 Å². The Morgan fingerprint density at radius 2 is 2.00 bits per heavy atom. The van der Waals surface area contributed by atoms with Gasteiger partial charge in [-0.1, -0.05) is 20.3 Å². The summed E-state index contributed by atoms with van der Waals surface area (Å²) >= 11 is 0. The first-order valence-electron chi connectivity index (χ1n) is 5.61. The predicted octanol–water partition coefficient (Wildman–Crippen LogP) is 1.99. The molecule has 0 amide bonds. The predicted molar refractivity (Wildman–Crippen MR) is 58.7 cm³/mol. The molecule has 0 aromatic heterocycles. The first-order chi connectivity index (χ1) is 6.61. The van der Waals surface area contributed by atoms with Gasteiger partial charge in [0.15, 0.2) is 0 Å². The molecule has 0 aliphatic carbocycles. The highest BCUT2D eigenvalue weighted by Crippen LogP contribution is 2.22. The molecule has 84 valence electrons. The smallest absolute Gasteiger partial charge is 0.212 e. The van der Waals surface area contributed by atoms with Gasteiger partial charge in [0.1, 0.15) is 0 Å². The van der Waals surface area contributed by atoms with Crippen LogP contribution in [0.1, 0.15) is 46.0 Å². The molecule has 0 aromatic carbocycles. The van der Waals surface area contributed by atoms with Gasteiger partial charge in [-0.2, -0.15) is 4.31 Å². The Kier molecular flexibility index (Phi) is 4.38. The second-order valence-corrected chi connectivity index (χ2v) is 6.03. The van der Waals surface area contributed by atoms with Crippen molar-refractivity contribution in [2.24, 2.45) is 0 Å². The van der Waals surface area contributed by atoms with Crippen LogP contribution in [0.25, 0.3) is 0 Å². The summed E-state index contributed by atoms with van der Waals surface area (Å²) in [4.78, 5) is 0. The maximum atomic E-state index is 11.9. The van der Waals surface area contributed by atoms with E-state index in [1.165, 1.54) is 6.42 Å². The molecule has 0 saturated carbocycles. The Bertz CT molecular complexity index is 261. The normalized spacial score (nSPS) is 25.1. The summed E-state index contributed by atoms with van der Waals surface area (Å²) in [5, 5.41) is 0. The minimum Gasteiger partial charge on any atom is -0.212 e. The van der Waals surface area contributed by atoms with Gasteiger partial charge in [0.25, 0.3) is 0 Å². The van der Waals surface area contributed by atoms with E-state index in [0.717, 1.165) is 32.2 Å². The van der Waals surface area contributed by atoms with E-state index in [9.17, 15) is 8.42 Å². The third-order valence-corrected chi connectivity index (χ3v) is 4.98. The number of hydrogen-bond acceptors (Lipinski definition) is 2. The first-order valence-corrected chi connectivity index (χ1v) is 7.22. The molecule has 0 radical (unpaired) electrons. The quantitative estimate of drug-likeness (QED) is 0.725. The lowest BCUT2D eigenvalue weighted by atomic mass is 10.0.